The first kappa shape index (κ1) is 14.6. The van der Waals surface area contributed by atoms with Crippen molar-refractivity contribution in [3.8, 4) is 6.07 Å². The number of aryl methyl sites for hydroxylation is 1. The highest BCUT2D eigenvalue weighted by molar-refractivity contribution is 5.40. The van der Waals surface area contributed by atoms with Gasteiger partial charge in [-0.2, -0.15) is 5.26 Å². The summed E-state index contributed by atoms with van der Waals surface area (Å²) in [4.78, 5) is 0. The molecule has 3 rings (SSSR count). The van der Waals surface area contributed by atoms with Crippen molar-refractivity contribution < 1.29 is 4.39 Å². The van der Waals surface area contributed by atoms with Crippen molar-refractivity contribution in [1.82, 2.24) is 0 Å². The van der Waals surface area contributed by atoms with Crippen LogP contribution in [-0.2, 0) is 12.8 Å². The number of hydrogen-bond donors (Lipinski definition) is 0. The molecule has 2 aliphatic rings. The fourth-order valence-corrected chi connectivity index (χ4v) is 4.36. The molecular weight excluding hydrogens is 261 g/mol. The second-order valence-electron chi connectivity index (χ2n) is 6.90. The van der Waals surface area contributed by atoms with Crippen molar-refractivity contribution in [1.29, 1.82) is 5.26 Å². The van der Waals surface area contributed by atoms with Crippen molar-refractivity contribution in [2.75, 3.05) is 0 Å². The fourth-order valence-electron chi connectivity index (χ4n) is 4.36. The Labute approximate surface area is 127 Å². The molecule has 1 aromatic carbocycles. The molecule has 0 aliphatic heterocycles. The summed E-state index contributed by atoms with van der Waals surface area (Å²) >= 11 is 0. The van der Waals surface area contributed by atoms with Crippen LogP contribution < -0.4 is 0 Å². The fraction of sp³-hybridized carbons (Fsp3) is 0.632. The van der Waals surface area contributed by atoms with E-state index in [1.165, 1.54) is 44.1 Å². The van der Waals surface area contributed by atoms with Crippen LogP contribution in [0.3, 0.4) is 0 Å². The van der Waals surface area contributed by atoms with E-state index in [-0.39, 0.29) is 11.4 Å². The molecule has 0 N–H and O–H groups in total. The first-order valence-corrected chi connectivity index (χ1v) is 8.42. The van der Waals surface area contributed by atoms with Gasteiger partial charge in [0.25, 0.3) is 0 Å². The summed E-state index contributed by atoms with van der Waals surface area (Å²) in [6, 6.07) is 5.35. The van der Waals surface area contributed by atoms with Gasteiger partial charge < -0.3 is 0 Å². The van der Waals surface area contributed by atoms with Crippen LogP contribution in [-0.4, -0.2) is 0 Å². The molecule has 112 valence electrons. The average molecular weight is 285 g/mol. The Morgan fingerprint density at radius 2 is 1.86 bits per heavy atom. The maximum Gasteiger partial charge on any atom is 0.141 e. The summed E-state index contributed by atoms with van der Waals surface area (Å²) in [5, 5.41) is 8.93. The Hall–Kier alpha value is -1.36. The molecule has 1 saturated carbocycles. The van der Waals surface area contributed by atoms with Crippen LogP contribution in [0.5, 0.6) is 0 Å². The molecule has 1 fully saturated rings. The molecule has 2 heteroatoms. The maximum atomic E-state index is 13.8. The van der Waals surface area contributed by atoms with E-state index in [1.54, 1.807) is 12.1 Å². The van der Waals surface area contributed by atoms with Gasteiger partial charge in [0, 0.05) is 0 Å². The van der Waals surface area contributed by atoms with Gasteiger partial charge in [-0.25, -0.2) is 4.39 Å². The topological polar surface area (TPSA) is 23.8 Å². The number of nitriles is 1. The molecule has 2 aliphatic carbocycles. The summed E-state index contributed by atoms with van der Waals surface area (Å²) in [7, 11) is 0. The molecule has 0 radical (unpaired) electrons. The van der Waals surface area contributed by atoms with Gasteiger partial charge >= 0.3 is 0 Å². The van der Waals surface area contributed by atoms with Gasteiger partial charge in [0.1, 0.15) is 11.9 Å². The number of benzene rings is 1. The lowest BCUT2D eigenvalue weighted by Gasteiger charge is -2.36. The summed E-state index contributed by atoms with van der Waals surface area (Å²) < 4.78 is 13.8. The minimum atomic E-state index is -0.341. The molecule has 1 aromatic rings. The van der Waals surface area contributed by atoms with Crippen molar-refractivity contribution in [3.63, 3.8) is 0 Å². The molecule has 21 heavy (non-hydrogen) atoms. The number of fused-ring (bicyclic) bond motifs is 1. The van der Waals surface area contributed by atoms with Crippen molar-refractivity contribution >= 4 is 0 Å². The summed E-state index contributed by atoms with van der Waals surface area (Å²) in [6.07, 6.45) is 10.0. The normalized spacial score (nSPS) is 28.7. The van der Waals surface area contributed by atoms with Crippen LogP contribution in [0, 0.1) is 34.9 Å². The van der Waals surface area contributed by atoms with Crippen molar-refractivity contribution in [2.45, 2.75) is 58.3 Å². The molecule has 1 atom stereocenters. The third-order valence-corrected chi connectivity index (χ3v) is 5.81. The Morgan fingerprint density at radius 1 is 1.10 bits per heavy atom. The number of nitrogens with zero attached hydrogens (tertiary/aromatic N) is 1. The van der Waals surface area contributed by atoms with Crippen LogP contribution in [0.2, 0.25) is 0 Å². The summed E-state index contributed by atoms with van der Waals surface area (Å²) in [5.41, 5.74) is 2.56. The van der Waals surface area contributed by atoms with Crippen LogP contribution in [0.4, 0.5) is 4.39 Å². The van der Waals surface area contributed by atoms with Gasteiger partial charge in [0.2, 0.25) is 0 Å². The molecule has 1 nitrogen and oxygen atoms in total. The zero-order valence-electron chi connectivity index (χ0n) is 12.9. The first-order valence-electron chi connectivity index (χ1n) is 8.42. The van der Waals surface area contributed by atoms with Crippen molar-refractivity contribution in [3.05, 3.63) is 34.6 Å². The van der Waals surface area contributed by atoms with Gasteiger partial charge in [-0.15, -0.1) is 0 Å². The largest absolute Gasteiger partial charge is 0.206 e. The molecule has 0 spiro atoms. The van der Waals surface area contributed by atoms with E-state index in [4.69, 9.17) is 5.26 Å². The van der Waals surface area contributed by atoms with E-state index in [2.05, 4.69) is 6.92 Å². The van der Waals surface area contributed by atoms with E-state index in [1.807, 2.05) is 6.07 Å². The minimum Gasteiger partial charge on any atom is -0.206 e. The van der Waals surface area contributed by atoms with Crippen LogP contribution in [0.15, 0.2) is 12.1 Å². The van der Waals surface area contributed by atoms with Crippen LogP contribution >= 0.6 is 0 Å². The molecule has 0 aromatic heterocycles. The lowest BCUT2D eigenvalue weighted by atomic mass is 9.69. The minimum absolute atomic E-state index is 0.204. The van der Waals surface area contributed by atoms with Gasteiger partial charge in [0.15, 0.2) is 0 Å². The third-order valence-electron chi connectivity index (χ3n) is 5.81. The third kappa shape index (κ3) is 2.98. The Balaban J connectivity index is 1.70. The zero-order valence-corrected chi connectivity index (χ0v) is 12.9. The predicted molar refractivity (Wildman–Crippen MR) is 82.4 cm³/mol. The smallest absolute Gasteiger partial charge is 0.141 e. The monoisotopic (exact) mass is 285 g/mol. The highest BCUT2D eigenvalue weighted by atomic mass is 19.1. The van der Waals surface area contributed by atoms with Crippen LogP contribution in [0.25, 0.3) is 0 Å². The molecule has 1 unspecified atom stereocenters. The van der Waals surface area contributed by atoms with Gasteiger partial charge in [-0.1, -0.05) is 26.2 Å². The highest BCUT2D eigenvalue weighted by Gasteiger charge is 2.30. The van der Waals surface area contributed by atoms with E-state index >= 15 is 0 Å². The highest BCUT2D eigenvalue weighted by Crippen LogP contribution is 2.40. The molecule has 0 bridgehead atoms. The summed E-state index contributed by atoms with van der Waals surface area (Å²) in [5.74, 6) is 2.15. The lowest BCUT2D eigenvalue weighted by molar-refractivity contribution is 0.187. The quantitative estimate of drug-likeness (QED) is 0.748. The van der Waals surface area contributed by atoms with E-state index in [0.29, 0.717) is 0 Å². The van der Waals surface area contributed by atoms with Crippen LogP contribution in [0.1, 0.15) is 62.1 Å². The van der Waals surface area contributed by atoms with Crippen molar-refractivity contribution in [2.24, 2.45) is 17.8 Å². The van der Waals surface area contributed by atoms with Gasteiger partial charge in [-0.05, 0) is 73.1 Å². The molecular formula is C19H24FN. The second kappa shape index (κ2) is 6.18. The molecule has 0 saturated heterocycles. The standard InChI is InChI=1S/C19H24FN/c1-2-13-3-5-14(6-4-13)15-7-8-16-10-18(12-21)19(20)11-17(16)9-15/h10-11,13-15H,2-9H2,1H3. The zero-order chi connectivity index (χ0) is 14.8. The number of halogens is 1. The SMILES string of the molecule is CCC1CCC(C2CCc3cc(C#N)c(F)cc3C2)CC1. The van der Waals surface area contributed by atoms with E-state index < -0.39 is 0 Å². The Kier molecular flexibility index (Phi) is 4.29. The Morgan fingerprint density at radius 3 is 2.52 bits per heavy atom. The summed E-state index contributed by atoms with van der Waals surface area (Å²) in [6.45, 7) is 2.30. The number of hydrogen-bond acceptors (Lipinski definition) is 1. The Bertz CT molecular complexity index is 549. The van der Waals surface area contributed by atoms with E-state index in [9.17, 15) is 4.39 Å². The molecule has 0 amide bonds. The lowest BCUT2D eigenvalue weighted by Crippen LogP contribution is -2.26. The maximum absolute atomic E-state index is 13.8. The molecule has 0 heterocycles. The first-order chi connectivity index (χ1) is 10.2. The average Bonchev–Trinajstić information content (AvgIpc) is 2.53. The predicted octanol–water partition coefficient (Wildman–Crippen LogP) is 5.02. The van der Waals surface area contributed by atoms with E-state index in [0.717, 1.165) is 36.2 Å². The number of rotatable bonds is 2. The van der Waals surface area contributed by atoms with Gasteiger partial charge in [0.05, 0.1) is 5.56 Å². The second-order valence-corrected chi connectivity index (χ2v) is 6.90. The van der Waals surface area contributed by atoms with Gasteiger partial charge in [-0.3, -0.25) is 0 Å².